The summed E-state index contributed by atoms with van der Waals surface area (Å²) in [6, 6.07) is 29.1. The van der Waals surface area contributed by atoms with Gasteiger partial charge in [0.2, 0.25) is 0 Å². The number of hydrogen-bond donors (Lipinski definition) is 1. The summed E-state index contributed by atoms with van der Waals surface area (Å²) >= 11 is 0. The summed E-state index contributed by atoms with van der Waals surface area (Å²) in [5.74, 6) is 0. The first-order valence-electron chi connectivity index (χ1n) is 20.8. The van der Waals surface area contributed by atoms with Crippen LogP contribution in [0.2, 0.25) is 0 Å². The highest BCUT2D eigenvalue weighted by molar-refractivity contribution is 5.70. The lowest BCUT2D eigenvalue weighted by atomic mass is 10.0. The summed E-state index contributed by atoms with van der Waals surface area (Å²) < 4.78 is 3.30. The average Bonchev–Trinajstić information content (AvgIpc) is 3.86. The maximum absolute atomic E-state index is 13.3. The first kappa shape index (κ1) is 39.9. The van der Waals surface area contributed by atoms with Crippen LogP contribution in [0, 0.1) is 0 Å². The Bertz CT molecular complexity index is 2390. The molecule has 10 nitrogen and oxygen atoms in total. The minimum atomic E-state index is 0.00910. The molecule has 0 bridgehead atoms. The van der Waals surface area contributed by atoms with E-state index in [1.165, 1.54) is 12.1 Å². The Labute approximate surface area is 336 Å². The van der Waals surface area contributed by atoms with E-state index in [0.717, 1.165) is 110 Å². The molecule has 6 heterocycles. The van der Waals surface area contributed by atoms with E-state index >= 15 is 0 Å². The smallest absolute Gasteiger partial charge is 0.265 e. The number of aryl methyl sites for hydroxylation is 2. The number of pyridine rings is 2. The molecular formula is C47H58N8O2. The molecule has 2 saturated heterocycles. The Morgan fingerprint density at radius 3 is 1.65 bits per heavy atom. The summed E-state index contributed by atoms with van der Waals surface area (Å²) in [6.07, 6.45) is 11.8. The summed E-state index contributed by atoms with van der Waals surface area (Å²) in [4.78, 5) is 43.2. The van der Waals surface area contributed by atoms with Crippen molar-refractivity contribution >= 4 is 22.7 Å². The highest BCUT2D eigenvalue weighted by Crippen LogP contribution is 2.27. The number of hydrogen-bond acceptors (Lipinski definition) is 8. The van der Waals surface area contributed by atoms with Crippen LogP contribution in [0.15, 0.2) is 107 Å². The van der Waals surface area contributed by atoms with Gasteiger partial charge in [-0.2, -0.15) is 0 Å². The second kappa shape index (κ2) is 18.3. The van der Waals surface area contributed by atoms with Crippen molar-refractivity contribution in [3.8, 4) is 22.3 Å². The number of anilines is 2. The molecular weight excluding hydrogens is 709 g/mol. The number of likely N-dealkylation sites (N-methyl/N-ethyl adjacent to an activating group) is 3. The number of nitrogens with zero attached hydrogens (tertiary/aromatic N) is 7. The van der Waals surface area contributed by atoms with Gasteiger partial charge in [0.15, 0.2) is 0 Å². The van der Waals surface area contributed by atoms with Gasteiger partial charge in [0.05, 0.1) is 22.5 Å². The van der Waals surface area contributed by atoms with Crippen LogP contribution in [0.4, 0.5) is 11.4 Å². The number of benzene rings is 2. The molecule has 2 atom stereocenters. The number of likely N-dealkylation sites (tertiary alicyclic amines) is 2. The molecule has 8 rings (SSSR count). The maximum atomic E-state index is 13.3. The average molecular weight is 767 g/mol. The molecule has 0 radical (unpaired) electrons. The van der Waals surface area contributed by atoms with Crippen LogP contribution in [0.25, 0.3) is 33.5 Å². The minimum Gasteiger partial charge on any atom is -0.381 e. The summed E-state index contributed by atoms with van der Waals surface area (Å²) in [6.45, 7) is 8.77. The van der Waals surface area contributed by atoms with Crippen LogP contribution in [-0.4, -0.2) is 88.0 Å². The molecule has 2 aromatic carbocycles. The third kappa shape index (κ3) is 9.13. The third-order valence-electron chi connectivity index (χ3n) is 11.6. The Morgan fingerprint density at radius 1 is 0.667 bits per heavy atom. The van der Waals surface area contributed by atoms with E-state index in [-0.39, 0.29) is 11.1 Å². The van der Waals surface area contributed by atoms with E-state index in [4.69, 9.17) is 9.97 Å². The van der Waals surface area contributed by atoms with Gasteiger partial charge >= 0.3 is 0 Å². The van der Waals surface area contributed by atoms with Gasteiger partial charge in [-0.25, -0.2) is 9.97 Å². The zero-order valence-electron chi connectivity index (χ0n) is 34.3. The van der Waals surface area contributed by atoms with E-state index in [2.05, 4.69) is 91.4 Å². The Morgan fingerprint density at radius 2 is 1.18 bits per heavy atom. The molecule has 0 saturated carbocycles. The molecule has 0 aliphatic carbocycles. The van der Waals surface area contributed by atoms with Crippen LogP contribution in [-0.2, 0) is 12.8 Å². The van der Waals surface area contributed by atoms with Crippen LogP contribution in [0.5, 0.6) is 0 Å². The largest absolute Gasteiger partial charge is 0.381 e. The number of aromatic nitrogens is 4. The van der Waals surface area contributed by atoms with Gasteiger partial charge in [0.1, 0.15) is 11.3 Å². The number of rotatable bonds is 12. The predicted molar refractivity (Wildman–Crippen MR) is 235 cm³/mol. The zero-order valence-corrected chi connectivity index (χ0v) is 34.3. The first-order chi connectivity index (χ1) is 27.7. The molecule has 2 aliphatic heterocycles. The fraction of sp³-hybridized carbons (Fsp3) is 0.404. The van der Waals surface area contributed by atoms with Gasteiger partial charge in [-0.05, 0) is 125 Å². The molecule has 4 aromatic heterocycles. The van der Waals surface area contributed by atoms with Gasteiger partial charge in [0, 0.05) is 56.0 Å². The standard InChI is InChI=1S/C24H30N4O.C23H28N4O/c1-4-5-8-21-23(24(29)28-15-7-6-9-22(28)25-21)18-10-12-19(13-11-18)27(3)20-14-16-26(2)17-20;1-3-4-7-20-22(23(28)27-14-6-5-8-21(27)25-20)17-9-11-18(12-10-17)24-19-13-15-26(2)16-19/h6-7,9-13,15,20H,4-5,8,14,16-17H2,1-3H3;5-6,8-12,14,19,24H,3-4,7,13,15-16H2,1-2H3/t20-;19-/m11/s1. The Kier molecular flexibility index (Phi) is 12.8. The Balaban J connectivity index is 0.000000174. The highest BCUT2D eigenvalue weighted by atomic mass is 16.1. The molecule has 2 aliphatic rings. The lowest BCUT2D eigenvalue weighted by Crippen LogP contribution is -2.33. The topological polar surface area (TPSA) is 90.5 Å². The van der Waals surface area contributed by atoms with Crippen molar-refractivity contribution < 1.29 is 0 Å². The molecule has 0 unspecified atom stereocenters. The van der Waals surface area contributed by atoms with Crippen molar-refractivity contribution in [2.24, 2.45) is 0 Å². The van der Waals surface area contributed by atoms with Crippen molar-refractivity contribution in [3.05, 3.63) is 129 Å². The monoisotopic (exact) mass is 766 g/mol. The van der Waals surface area contributed by atoms with Crippen LogP contribution >= 0.6 is 0 Å². The minimum absolute atomic E-state index is 0.00910. The van der Waals surface area contributed by atoms with Crippen molar-refractivity contribution in [2.75, 3.05) is 57.5 Å². The summed E-state index contributed by atoms with van der Waals surface area (Å²) in [5, 5.41) is 3.60. The number of fused-ring (bicyclic) bond motifs is 2. The molecule has 57 heavy (non-hydrogen) atoms. The quantitative estimate of drug-likeness (QED) is 0.136. The SMILES string of the molecule is CCCCc1nc2ccccn2c(=O)c1-c1ccc(N(C)[C@@H]2CCN(C)C2)cc1.CCCCc1nc2ccccn2c(=O)c1-c1ccc(N[C@@H]2CCN(C)C2)cc1. The van der Waals surface area contributed by atoms with E-state index in [1.807, 2.05) is 48.5 Å². The van der Waals surface area contributed by atoms with Crippen LogP contribution in [0.1, 0.15) is 63.8 Å². The molecule has 6 aromatic rings. The van der Waals surface area contributed by atoms with Crippen LogP contribution in [0.3, 0.4) is 0 Å². The van der Waals surface area contributed by atoms with E-state index in [0.29, 0.717) is 23.4 Å². The normalized spacial score (nSPS) is 17.2. The van der Waals surface area contributed by atoms with Gasteiger partial charge in [-0.15, -0.1) is 0 Å². The maximum Gasteiger partial charge on any atom is 0.265 e. The number of unbranched alkanes of at least 4 members (excludes halogenated alkanes) is 2. The van der Waals surface area contributed by atoms with Crippen molar-refractivity contribution in [1.82, 2.24) is 28.6 Å². The summed E-state index contributed by atoms with van der Waals surface area (Å²) in [7, 11) is 6.50. The fourth-order valence-electron chi connectivity index (χ4n) is 8.22. The highest BCUT2D eigenvalue weighted by Gasteiger charge is 2.24. The predicted octanol–water partition coefficient (Wildman–Crippen LogP) is 7.66. The van der Waals surface area contributed by atoms with Crippen LogP contribution < -0.4 is 21.3 Å². The number of nitrogens with one attached hydrogen (secondary N) is 1. The van der Waals surface area contributed by atoms with Crippen molar-refractivity contribution in [3.63, 3.8) is 0 Å². The first-order valence-corrected chi connectivity index (χ1v) is 20.8. The third-order valence-corrected chi connectivity index (χ3v) is 11.6. The zero-order chi connectivity index (χ0) is 39.9. The molecule has 10 heteroatoms. The van der Waals surface area contributed by atoms with Gasteiger partial charge < -0.3 is 20.0 Å². The van der Waals surface area contributed by atoms with E-state index in [1.54, 1.807) is 21.2 Å². The Hall–Kier alpha value is -5.32. The summed E-state index contributed by atoms with van der Waals surface area (Å²) in [5.41, 5.74) is 8.91. The lowest BCUT2D eigenvalue weighted by Gasteiger charge is -2.26. The molecule has 298 valence electrons. The van der Waals surface area contributed by atoms with Gasteiger partial charge in [0.25, 0.3) is 11.1 Å². The van der Waals surface area contributed by atoms with E-state index in [9.17, 15) is 9.59 Å². The lowest BCUT2D eigenvalue weighted by molar-refractivity contribution is 0.409. The van der Waals surface area contributed by atoms with Crippen molar-refractivity contribution in [2.45, 2.75) is 77.3 Å². The van der Waals surface area contributed by atoms with Gasteiger partial charge in [-0.1, -0.05) is 63.1 Å². The second-order valence-electron chi connectivity index (χ2n) is 15.9. The van der Waals surface area contributed by atoms with Gasteiger partial charge in [-0.3, -0.25) is 18.4 Å². The molecule has 2 fully saturated rings. The van der Waals surface area contributed by atoms with E-state index < -0.39 is 0 Å². The molecule has 0 spiro atoms. The molecule has 0 amide bonds. The molecule has 1 N–H and O–H groups in total. The van der Waals surface area contributed by atoms with Crippen molar-refractivity contribution in [1.29, 1.82) is 0 Å². The fourth-order valence-corrected chi connectivity index (χ4v) is 8.22. The second-order valence-corrected chi connectivity index (χ2v) is 15.9.